The van der Waals surface area contributed by atoms with Crippen LogP contribution in [0.5, 0.6) is 0 Å². The zero-order valence-corrected chi connectivity index (χ0v) is 11.9. The molecule has 21 heavy (non-hydrogen) atoms. The summed E-state index contributed by atoms with van der Waals surface area (Å²) < 4.78 is 18.5. The van der Waals surface area contributed by atoms with E-state index in [2.05, 4.69) is 14.2 Å². The van der Waals surface area contributed by atoms with E-state index in [0.29, 0.717) is 0 Å². The van der Waals surface area contributed by atoms with Gasteiger partial charge >= 0.3 is 17.9 Å². The van der Waals surface area contributed by atoms with Crippen molar-refractivity contribution in [2.45, 2.75) is 26.1 Å². The van der Waals surface area contributed by atoms with Crippen LogP contribution in [-0.4, -0.2) is 73.4 Å². The first-order valence-corrected chi connectivity index (χ1v) is 6.24. The van der Waals surface area contributed by atoms with Crippen LogP contribution in [0, 0.1) is 0 Å². The molecule has 2 atom stereocenters. The second-order valence-electron chi connectivity index (χ2n) is 4.09. The number of hydrogen-bond donors (Lipinski definition) is 2. The normalized spacial score (nSPS) is 13.1. The zero-order valence-electron chi connectivity index (χ0n) is 11.9. The average molecular weight is 308 g/mol. The van der Waals surface area contributed by atoms with Crippen molar-refractivity contribution in [2.24, 2.45) is 0 Å². The van der Waals surface area contributed by atoms with E-state index in [1.54, 1.807) is 0 Å². The van der Waals surface area contributed by atoms with E-state index in [0.717, 1.165) is 0 Å². The van der Waals surface area contributed by atoms with Crippen LogP contribution in [0.2, 0.25) is 0 Å². The summed E-state index contributed by atoms with van der Waals surface area (Å²) >= 11 is 0. The smallest absolute Gasteiger partial charge is 0.344 e. The SMILES string of the molecule is CC(O)COCC(=O)OCCOC(=O)COC(=O)C(C)O. The average Bonchev–Trinajstić information content (AvgIpc) is 2.40. The number of rotatable bonds is 10. The highest BCUT2D eigenvalue weighted by Gasteiger charge is 2.13. The molecule has 122 valence electrons. The third kappa shape index (κ3) is 11.8. The fourth-order valence-corrected chi connectivity index (χ4v) is 0.958. The Bertz CT molecular complexity index is 338. The maximum atomic E-state index is 11.1. The summed E-state index contributed by atoms with van der Waals surface area (Å²) in [5.74, 6) is -2.42. The van der Waals surface area contributed by atoms with Gasteiger partial charge in [0, 0.05) is 0 Å². The van der Waals surface area contributed by atoms with Gasteiger partial charge in [-0.3, -0.25) is 0 Å². The van der Waals surface area contributed by atoms with E-state index in [9.17, 15) is 14.4 Å². The molecule has 0 aliphatic rings. The lowest BCUT2D eigenvalue weighted by molar-refractivity contribution is -0.165. The number of aliphatic hydroxyl groups is 2. The van der Waals surface area contributed by atoms with Gasteiger partial charge in [-0.2, -0.15) is 0 Å². The highest BCUT2D eigenvalue weighted by atomic mass is 16.6. The van der Waals surface area contributed by atoms with Crippen LogP contribution >= 0.6 is 0 Å². The summed E-state index contributed by atoms with van der Waals surface area (Å²) in [6.07, 6.45) is -2.00. The Kier molecular flexibility index (Phi) is 10.1. The lowest BCUT2D eigenvalue weighted by atomic mass is 10.4. The molecule has 0 rings (SSSR count). The van der Waals surface area contributed by atoms with E-state index in [1.165, 1.54) is 13.8 Å². The molecule has 2 unspecified atom stereocenters. The van der Waals surface area contributed by atoms with Crippen LogP contribution in [0.3, 0.4) is 0 Å². The molecule has 0 aliphatic heterocycles. The number of aliphatic hydroxyl groups excluding tert-OH is 2. The first-order chi connectivity index (χ1) is 9.82. The van der Waals surface area contributed by atoms with Gasteiger partial charge in [-0.15, -0.1) is 0 Å². The highest BCUT2D eigenvalue weighted by Crippen LogP contribution is 1.90. The van der Waals surface area contributed by atoms with E-state index in [1.807, 2.05) is 0 Å². The molecule has 0 saturated heterocycles. The van der Waals surface area contributed by atoms with Crippen molar-refractivity contribution in [2.75, 3.05) is 33.0 Å². The van der Waals surface area contributed by atoms with Gasteiger partial charge in [0.15, 0.2) is 6.61 Å². The predicted molar refractivity (Wildman–Crippen MR) is 67.1 cm³/mol. The molecule has 0 aromatic heterocycles. The summed E-state index contributed by atoms with van der Waals surface area (Å²) in [7, 11) is 0. The quantitative estimate of drug-likeness (QED) is 0.278. The number of carbonyl (C=O) groups is 3. The van der Waals surface area contributed by atoms with Crippen molar-refractivity contribution in [3.05, 3.63) is 0 Å². The zero-order chi connectivity index (χ0) is 16.3. The van der Waals surface area contributed by atoms with E-state index in [4.69, 9.17) is 14.9 Å². The van der Waals surface area contributed by atoms with Crippen LogP contribution in [0.15, 0.2) is 0 Å². The van der Waals surface area contributed by atoms with Crippen molar-refractivity contribution in [1.29, 1.82) is 0 Å². The summed E-state index contributed by atoms with van der Waals surface area (Å²) in [4.78, 5) is 33.0. The lowest BCUT2D eigenvalue weighted by Gasteiger charge is -2.08. The summed E-state index contributed by atoms with van der Waals surface area (Å²) in [6, 6.07) is 0. The maximum Gasteiger partial charge on any atom is 0.344 e. The molecule has 0 spiro atoms. The molecular formula is C12H20O9. The Morgan fingerprint density at radius 1 is 0.905 bits per heavy atom. The number of ether oxygens (including phenoxy) is 4. The lowest BCUT2D eigenvalue weighted by Crippen LogP contribution is -2.25. The van der Waals surface area contributed by atoms with Crippen molar-refractivity contribution < 1.29 is 43.5 Å². The molecule has 0 heterocycles. The fraction of sp³-hybridized carbons (Fsp3) is 0.750. The third-order valence-electron chi connectivity index (χ3n) is 1.86. The Morgan fingerprint density at radius 3 is 1.90 bits per heavy atom. The van der Waals surface area contributed by atoms with Crippen LogP contribution in [0.1, 0.15) is 13.8 Å². The molecule has 0 saturated carbocycles. The van der Waals surface area contributed by atoms with Gasteiger partial charge in [0.1, 0.15) is 25.9 Å². The fourth-order valence-electron chi connectivity index (χ4n) is 0.958. The standard InChI is InChI=1S/C12H20O9/c1-8(13)5-18-6-10(15)19-3-4-20-11(16)7-21-12(17)9(2)14/h8-9,13-14H,3-7H2,1-2H3. The second kappa shape index (κ2) is 11.0. The van der Waals surface area contributed by atoms with Gasteiger partial charge in [0.25, 0.3) is 0 Å². The van der Waals surface area contributed by atoms with Crippen molar-refractivity contribution in [3.63, 3.8) is 0 Å². The predicted octanol–water partition coefficient (Wildman–Crippen LogP) is -1.61. The number of esters is 3. The topological polar surface area (TPSA) is 129 Å². The Morgan fingerprint density at radius 2 is 1.43 bits per heavy atom. The largest absolute Gasteiger partial charge is 0.460 e. The molecule has 2 N–H and O–H groups in total. The molecule has 9 heteroatoms. The van der Waals surface area contributed by atoms with Gasteiger partial charge in [-0.05, 0) is 13.8 Å². The minimum Gasteiger partial charge on any atom is -0.460 e. The third-order valence-corrected chi connectivity index (χ3v) is 1.86. The minimum absolute atomic E-state index is 0.0126. The maximum absolute atomic E-state index is 11.1. The van der Waals surface area contributed by atoms with Gasteiger partial charge in [-0.25, -0.2) is 14.4 Å². The van der Waals surface area contributed by atoms with Crippen LogP contribution < -0.4 is 0 Å². The molecule has 0 aliphatic carbocycles. The van der Waals surface area contributed by atoms with E-state index >= 15 is 0 Å². The summed E-state index contributed by atoms with van der Waals surface area (Å²) in [6.45, 7) is 1.40. The Balaban J connectivity index is 3.55. The Hall–Kier alpha value is -1.71. The molecule has 9 nitrogen and oxygen atoms in total. The second-order valence-corrected chi connectivity index (χ2v) is 4.09. The molecule has 0 aromatic rings. The van der Waals surface area contributed by atoms with Gasteiger partial charge in [-0.1, -0.05) is 0 Å². The minimum atomic E-state index is -1.32. The summed E-state index contributed by atoms with van der Waals surface area (Å²) in [5.41, 5.74) is 0. The molecular weight excluding hydrogens is 288 g/mol. The molecule has 0 amide bonds. The van der Waals surface area contributed by atoms with E-state index in [-0.39, 0.29) is 26.4 Å². The van der Waals surface area contributed by atoms with E-state index < -0.39 is 36.7 Å². The van der Waals surface area contributed by atoms with Gasteiger partial charge in [0.2, 0.25) is 0 Å². The van der Waals surface area contributed by atoms with Crippen molar-refractivity contribution in [3.8, 4) is 0 Å². The van der Waals surface area contributed by atoms with Crippen molar-refractivity contribution >= 4 is 17.9 Å². The molecule has 0 fully saturated rings. The van der Waals surface area contributed by atoms with Crippen LogP contribution in [0.4, 0.5) is 0 Å². The molecule has 0 radical (unpaired) electrons. The number of carbonyl (C=O) groups excluding carboxylic acids is 3. The van der Waals surface area contributed by atoms with Crippen molar-refractivity contribution in [1.82, 2.24) is 0 Å². The monoisotopic (exact) mass is 308 g/mol. The van der Waals surface area contributed by atoms with Gasteiger partial charge in [0.05, 0.1) is 12.7 Å². The van der Waals surface area contributed by atoms with Crippen LogP contribution in [0.25, 0.3) is 0 Å². The van der Waals surface area contributed by atoms with Gasteiger partial charge < -0.3 is 29.2 Å². The number of hydrogen-bond acceptors (Lipinski definition) is 9. The first kappa shape index (κ1) is 19.3. The first-order valence-electron chi connectivity index (χ1n) is 6.24. The highest BCUT2D eigenvalue weighted by molar-refractivity contribution is 5.78. The molecule has 0 aromatic carbocycles. The summed E-state index contributed by atoms with van der Waals surface area (Å²) in [5, 5.41) is 17.7. The van der Waals surface area contributed by atoms with Crippen LogP contribution in [-0.2, 0) is 33.3 Å². The Labute approximate surface area is 121 Å². The molecule has 0 bridgehead atoms.